The number of ether oxygens (including phenoxy) is 1. The maximum absolute atomic E-state index is 12.6. The number of nitrogens with two attached hydrogens (primary N) is 1. The van der Waals surface area contributed by atoms with Crippen LogP contribution in [0.5, 0.6) is 0 Å². The van der Waals surface area contributed by atoms with Gasteiger partial charge in [0, 0.05) is 26.2 Å². The number of amides is 1. The maximum Gasteiger partial charge on any atom is 0.256 e. The Balaban J connectivity index is 2.16. The van der Waals surface area contributed by atoms with Crippen molar-refractivity contribution in [3.63, 3.8) is 0 Å². The topological polar surface area (TPSA) is 55.6 Å². The van der Waals surface area contributed by atoms with Crippen molar-refractivity contribution in [2.75, 3.05) is 20.2 Å². The summed E-state index contributed by atoms with van der Waals surface area (Å²) in [5, 5.41) is 0. The van der Waals surface area contributed by atoms with Gasteiger partial charge in [-0.3, -0.25) is 4.79 Å². The molecular formula is C15H22N2O2. The van der Waals surface area contributed by atoms with Crippen molar-refractivity contribution in [2.45, 2.75) is 31.4 Å². The molecular weight excluding hydrogens is 240 g/mol. The molecule has 2 rings (SSSR count). The van der Waals surface area contributed by atoms with Crippen molar-refractivity contribution in [1.82, 2.24) is 4.90 Å². The number of nitrogens with zero attached hydrogens (tertiary/aromatic N) is 1. The van der Waals surface area contributed by atoms with E-state index >= 15 is 0 Å². The number of piperidine rings is 1. The Morgan fingerprint density at radius 3 is 2.79 bits per heavy atom. The maximum atomic E-state index is 12.6. The molecule has 1 aliphatic rings. The summed E-state index contributed by atoms with van der Waals surface area (Å²) in [4.78, 5) is 14.5. The van der Waals surface area contributed by atoms with Crippen LogP contribution in [0, 0.1) is 0 Å². The van der Waals surface area contributed by atoms with Gasteiger partial charge < -0.3 is 15.4 Å². The van der Waals surface area contributed by atoms with Crippen molar-refractivity contribution in [3.05, 3.63) is 35.9 Å². The molecule has 0 saturated carbocycles. The van der Waals surface area contributed by atoms with Gasteiger partial charge in [0.1, 0.15) is 0 Å². The van der Waals surface area contributed by atoms with Crippen molar-refractivity contribution in [2.24, 2.45) is 5.73 Å². The van der Waals surface area contributed by atoms with Crippen LogP contribution in [0.25, 0.3) is 0 Å². The number of rotatable bonds is 4. The summed E-state index contributed by atoms with van der Waals surface area (Å²) in [7, 11) is 1.58. The van der Waals surface area contributed by atoms with E-state index < -0.39 is 6.10 Å². The van der Waals surface area contributed by atoms with Crippen LogP contribution in [0.1, 0.15) is 30.9 Å². The van der Waals surface area contributed by atoms with Crippen molar-refractivity contribution in [3.8, 4) is 0 Å². The van der Waals surface area contributed by atoms with E-state index in [1.807, 2.05) is 35.2 Å². The molecule has 1 fully saturated rings. The lowest BCUT2D eigenvalue weighted by molar-refractivity contribution is -0.146. The third-order valence-corrected chi connectivity index (χ3v) is 3.74. The van der Waals surface area contributed by atoms with Crippen LogP contribution in [0.15, 0.2) is 30.3 Å². The molecule has 0 radical (unpaired) electrons. The molecule has 4 heteroatoms. The van der Waals surface area contributed by atoms with Gasteiger partial charge in [0.2, 0.25) is 0 Å². The normalized spacial score (nSPS) is 21.2. The second kappa shape index (κ2) is 6.68. The molecule has 2 N–H and O–H groups in total. The first-order valence-corrected chi connectivity index (χ1v) is 6.86. The van der Waals surface area contributed by atoms with E-state index in [0.717, 1.165) is 31.4 Å². The Labute approximate surface area is 114 Å². The summed E-state index contributed by atoms with van der Waals surface area (Å²) in [6.45, 7) is 1.31. The minimum absolute atomic E-state index is 0.0313. The van der Waals surface area contributed by atoms with Gasteiger partial charge in [0.05, 0.1) is 0 Å². The van der Waals surface area contributed by atoms with Gasteiger partial charge in [-0.1, -0.05) is 30.3 Å². The molecule has 1 aromatic carbocycles. The average molecular weight is 262 g/mol. The van der Waals surface area contributed by atoms with Crippen LogP contribution < -0.4 is 5.73 Å². The number of benzene rings is 1. The van der Waals surface area contributed by atoms with Gasteiger partial charge in [-0.2, -0.15) is 0 Å². The van der Waals surface area contributed by atoms with E-state index in [9.17, 15) is 4.79 Å². The smallest absolute Gasteiger partial charge is 0.256 e. The number of carbonyl (C=O) groups is 1. The predicted octanol–water partition coefficient (Wildman–Crippen LogP) is 1.71. The minimum atomic E-state index is -0.520. The molecule has 1 aromatic rings. The van der Waals surface area contributed by atoms with Gasteiger partial charge in [0.15, 0.2) is 6.10 Å². The molecule has 2 atom stereocenters. The highest BCUT2D eigenvalue weighted by Gasteiger charge is 2.31. The van der Waals surface area contributed by atoms with Crippen molar-refractivity contribution >= 4 is 5.91 Å². The van der Waals surface area contributed by atoms with Crippen LogP contribution in [-0.2, 0) is 9.53 Å². The quantitative estimate of drug-likeness (QED) is 0.898. The van der Waals surface area contributed by atoms with Crippen LogP contribution in [0.4, 0.5) is 0 Å². The summed E-state index contributed by atoms with van der Waals surface area (Å²) in [5.41, 5.74) is 6.68. The number of hydrogen-bond donors (Lipinski definition) is 1. The molecule has 104 valence electrons. The van der Waals surface area contributed by atoms with Crippen LogP contribution in [-0.4, -0.2) is 37.0 Å². The molecule has 1 heterocycles. The van der Waals surface area contributed by atoms with Gasteiger partial charge in [-0.25, -0.2) is 0 Å². The fourth-order valence-electron chi connectivity index (χ4n) is 2.69. The molecule has 0 bridgehead atoms. The molecule has 1 amide bonds. The minimum Gasteiger partial charge on any atom is -0.367 e. The van der Waals surface area contributed by atoms with Gasteiger partial charge in [-0.05, 0) is 24.8 Å². The monoisotopic (exact) mass is 262 g/mol. The van der Waals surface area contributed by atoms with E-state index in [0.29, 0.717) is 6.54 Å². The highest BCUT2D eigenvalue weighted by Crippen LogP contribution is 2.24. The highest BCUT2D eigenvalue weighted by molar-refractivity contribution is 5.82. The van der Waals surface area contributed by atoms with Gasteiger partial charge in [-0.15, -0.1) is 0 Å². The highest BCUT2D eigenvalue weighted by atomic mass is 16.5. The first kappa shape index (κ1) is 14.0. The number of hydrogen-bond acceptors (Lipinski definition) is 3. The number of carbonyl (C=O) groups excluding carboxylic acids is 1. The summed E-state index contributed by atoms with van der Waals surface area (Å²) < 4.78 is 5.41. The Morgan fingerprint density at radius 2 is 2.16 bits per heavy atom. The largest absolute Gasteiger partial charge is 0.367 e. The molecule has 0 aromatic heterocycles. The molecule has 19 heavy (non-hydrogen) atoms. The molecule has 2 unspecified atom stereocenters. The first-order chi connectivity index (χ1) is 9.27. The number of methoxy groups -OCH3 is 1. The zero-order chi connectivity index (χ0) is 13.7. The van der Waals surface area contributed by atoms with Crippen molar-refractivity contribution < 1.29 is 9.53 Å². The van der Waals surface area contributed by atoms with E-state index in [-0.39, 0.29) is 11.9 Å². The zero-order valence-corrected chi connectivity index (χ0v) is 11.4. The van der Waals surface area contributed by atoms with E-state index in [1.165, 1.54) is 0 Å². The molecule has 1 aliphatic heterocycles. The van der Waals surface area contributed by atoms with E-state index in [2.05, 4.69) is 0 Å². The Bertz CT molecular complexity index is 408. The summed E-state index contributed by atoms with van der Waals surface area (Å²) in [5.74, 6) is 0.0313. The third-order valence-electron chi connectivity index (χ3n) is 3.74. The SMILES string of the molecule is COC(C(=O)N1CCCCC1CN)c1ccccc1. The van der Waals surface area contributed by atoms with Crippen LogP contribution in [0.3, 0.4) is 0 Å². The van der Waals surface area contributed by atoms with E-state index in [1.54, 1.807) is 7.11 Å². The third kappa shape index (κ3) is 3.14. The van der Waals surface area contributed by atoms with Crippen LogP contribution >= 0.6 is 0 Å². The van der Waals surface area contributed by atoms with E-state index in [4.69, 9.17) is 10.5 Å². The fourth-order valence-corrected chi connectivity index (χ4v) is 2.69. The average Bonchev–Trinajstić information content (AvgIpc) is 2.49. The second-order valence-electron chi connectivity index (χ2n) is 4.94. The zero-order valence-electron chi connectivity index (χ0n) is 11.4. The van der Waals surface area contributed by atoms with Crippen LogP contribution in [0.2, 0.25) is 0 Å². The lowest BCUT2D eigenvalue weighted by Crippen LogP contribution is -2.49. The molecule has 0 spiro atoms. The standard InChI is InChI=1S/C15H22N2O2/c1-19-14(12-7-3-2-4-8-12)15(18)17-10-6-5-9-13(17)11-16/h2-4,7-8,13-14H,5-6,9-11,16H2,1H3. The second-order valence-corrected chi connectivity index (χ2v) is 4.94. The summed E-state index contributed by atoms with van der Waals surface area (Å²) in [6, 6.07) is 9.78. The predicted molar refractivity (Wildman–Crippen MR) is 74.6 cm³/mol. The number of likely N-dealkylation sites (tertiary alicyclic amines) is 1. The Hall–Kier alpha value is -1.39. The lowest BCUT2D eigenvalue weighted by atomic mass is 10.00. The van der Waals surface area contributed by atoms with Gasteiger partial charge in [0.25, 0.3) is 5.91 Å². The van der Waals surface area contributed by atoms with Gasteiger partial charge >= 0.3 is 0 Å². The first-order valence-electron chi connectivity index (χ1n) is 6.86. The Morgan fingerprint density at radius 1 is 1.42 bits per heavy atom. The summed E-state index contributed by atoms with van der Waals surface area (Å²) >= 11 is 0. The Kier molecular flexibility index (Phi) is 4.93. The molecule has 0 aliphatic carbocycles. The fraction of sp³-hybridized carbons (Fsp3) is 0.533. The molecule has 4 nitrogen and oxygen atoms in total. The lowest BCUT2D eigenvalue weighted by Gasteiger charge is -2.37. The summed E-state index contributed by atoms with van der Waals surface area (Å²) in [6.07, 6.45) is 2.67. The van der Waals surface area contributed by atoms with Crippen molar-refractivity contribution in [1.29, 1.82) is 0 Å². The molecule has 1 saturated heterocycles.